The van der Waals surface area contributed by atoms with Crippen molar-refractivity contribution in [1.82, 2.24) is 5.16 Å². The first-order valence-electron chi connectivity index (χ1n) is 6.14. The molecule has 1 N–H and O–H groups in total. The number of aromatic nitrogens is 1. The first kappa shape index (κ1) is 11.8. The summed E-state index contributed by atoms with van der Waals surface area (Å²) in [5, 5.41) is 12.7. The van der Waals surface area contributed by atoms with Gasteiger partial charge in [0.15, 0.2) is 0 Å². The van der Waals surface area contributed by atoms with Gasteiger partial charge < -0.3 is 14.4 Å². The van der Waals surface area contributed by atoms with E-state index in [-0.39, 0.29) is 11.9 Å². The largest absolute Gasteiger partial charge is 0.490 e. The molecule has 0 radical (unpaired) electrons. The summed E-state index contributed by atoms with van der Waals surface area (Å²) in [6.07, 6.45) is 2.03. The molecular weight excluding hydrogens is 246 g/mol. The van der Waals surface area contributed by atoms with Crippen LogP contribution in [0, 0.1) is 0 Å². The molecule has 0 amide bonds. The number of ether oxygens (including phenoxy) is 1. The Hall–Kier alpha value is -2.30. The molecule has 1 unspecified atom stereocenters. The molecule has 2 heterocycles. The van der Waals surface area contributed by atoms with Crippen molar-refractivity contribution in [1.29, 1.82) is 0 Å². The molecule has 2 aromatic rings. The van der Waals surface area contributed by atoms with Gasteiger partial charge in [-0.15, -0.1) is 0 Å². The maximum absolute atomic E-state index is 10.8. The molecule has 5 nitrogen and oxygen atoms in total. The van der Waals surface area contributed by atoms with E-state index in [0.717, 1.165) is 29.7 Å². The minimum Gasteiger partial charge on any atom is -0.490 e. The van der Waals surface area contributed by atoms with Crippen LogP contribution in [0.2, 0.25) is 0 Å². The summed E-state index contributed by atoms with van der Waals surface area (Å²) in [7, 11) is 0. The SMILES string of the molecule is CC1CCc2c(cccc2-c2cc(C(=O)O)on2)O1. The summed E-state index contributed by atoms with van der Waals surface area (Å²) in [4.78, 5) is 10.8. The zero-order chi connectivity index (χ0) is 13.4. The standard InChI is InChI=1S/C14H13NO4/c1-8-5-6-10-9(3-2-4-12(10)18-8)11-7-13(14(16)17)19-15-11/h2-4,7-8H,5-6H2,1H3,(H,16,17). The lowest BCUT2D eigenvalue weighted by molar-refractivity contribution is 0.0652. The lowest BCUT2D eigenvalue weighted by Crippen LogP contribution is -2.19. The minimum absolute atomic E-state index is 0.155. The second-order valence-electron chi connectivity index (χ2n) is 4.63. The third-order valence-electron chi connectivity index (χ3n) is 3.26. The molecule has 1 aliphatic heterocycles. The van der Waals surface area contributed by atoms with Crippen molar-refractivity contribution in [3.05, 3.63) is 35.6 Å². The van der Waals surface area contributed by atoms with Crippen molar-refractivity contribution in [3.63, 3.8) is 0 Å². The van der Waals surface area contributed by atoms with Gasteiger partial charge in [0.05, 0.1) is 6.10 Å². The highest BCUT2D eigenvalue weighted by atomic mass is 16.5. The highest BCUT2D eigenvalue weighted by Gasteiger charge is 2.21. The molecule has 0 fully saturated rings. The van der Waals surface area contributed by atoms with E-state index in [0.29, 0.717) is 5.69 Å². The molecule has 1 aliphatic rings. The van der Waals surface area contributed by atoms with Crippen LogP contribution < -0.4 is 4.74 Å². The molecule has 19 heavy (non-hydrogen) atoms. The van der Waals surface area contributed by atoms with Crippen LogP contribution in [-0.2, 0) is 6.42 Å². The summed E-state index contributed by atoms with van der Waals surface area (Å²) in [5.41, 5.74) is 2.47. The Labute approximate surface area is 109 Å². The fourth-order valence-electron chi connectivity index (χ4n) is 2.30. The fraction of sp³-hybridized carbons (Fsp3) is 0.286. The van der Waals surface area contributed by atoms with E-state index in [1.807, 2.05) is 25.1 Å². The van der Waals surface area contributed by atoms with Gasteiger partial charge in [-0.1, -0.05) is 17.3 Å². The van der Waals surface area contributed by atoms with Crippen LogP contribution in [0.25, 0.3) is 11.3 Å². The Kier molecular flexibility index (Phi) is 2.74. The van der Waals surface area contributed by atoms with Gasteiger partial charge in [-0.05, 0) is 25.8 Å². The van der Waals surface area contributed by atoms with Gasteiger partial charge in [-0.3, -0.25) is 0 Å². The van der Waals surface area contributed by atoms with Gasteiger partial charge in [-0.25, -0.2) is 4.79 Å². The highest BCUT2D eigenvalue weighted by Crippen LogP contribution is 2.35. The number of carboxylic acid groups (broad SMARTS) is 1. The van der Waals surface area contributed by atoms with E-state index < -0.39 is 5.97 Å². The van der Waals surface area contributed by atoms with Gasteiger partial charge in [-0.2, -0.15) is 0 Å². The number of rotatable bonds is 2. The zero-order valence-electron chi connectivity index (χ0n) is 10.4. The molecule has 0 aliphatic carbocycles. The van der Waals surface area contributed by atoms with Gasteiger partial charge in [0.2, 0.25) is 5.76 Å². The van der Waals surface area contributed by atoms with Crippen molar-refractivity contribution >= 4 is 5.97 Å². The van der Waals surface area contributed by atoms with Crippen molar-refractivity contribution < 1.29 is 19.2 Å². The van der Waals surface area contributed by atoms with Crippen LogP contribution in [0.15, 0.2) is 28.8 Å². The summed E-state index contributed by atoms with van der Waals surface area (Å²) < 4.78 is 10.6. The van der Waals surface area contributed by atoms with E-state index in [4.69, 9.17) is 14.4 Å². The summed E-state index contributed by atoms with van der Waals surface area (Å²) >= 11 is 0. The predicted octanol–water partition coefficient (Wildman–Crippen LogP) is 2.75. The second kappa shape index (κ2) is 4.42. The Morgan fingerprint density at radius 3 is 3.05 bits per heavy atom. The Balaban J connectivity index is 2.05. The maximum atomic E-state index is 10.8. The third kappa shape index (κ3) is 2.07. The first-order chi connectivity index (χ1) is 9.15. The van der Waals surface area contributed by atoms with Gasteiger partial charge in [0.25, 0.3) is 0 Å². The van der Waals surface area contributed by atoms with Crippen LogP contribution in [0.4, 0.5) is 0 Å². The Morgan fingerprint density at radius 1 is 1.47 bits per heavy atom. The molecular formula is C14H13NO4. The van der Waals surface area contributed by atoms with Crippen LogP contribution >= 0.6 is 0 Å². The fourth-order valence-corrected chi connectivity index (χ4v) is 2.30. The number of benzene rings is 1. The average molecular weight is 259 g/mol. The van der Waals surface area contributed by atoms with E-state index >= 15 is 0 Å². The summed E-state index contributed by atoms with van der Waals surface area (Å²) in [5.74, 6) is -0.428. The second-order valence-corrected chi connectivity index (χ2v) is 4.63. The summed E-state index contributed by atoms with van der Waals surface area (Å²) in [6.45, 7) is 2.04. The molecule has 0 saturated heterocycles. The van der Waals surface area contributed by atoms with Crippen LogP contribution in [0.3, 0.4) is 0 Å². The van der Waals surface area contributed by atoms with Crippen molar-refractivity contribution in [2.75, 3.05) is 0 Å². The number of carbonyl (C=O) groups is 1. The quantitative estimate of drug-likeness (QED) is 0.897. The van der Waals surface area contributed by atoms with Crippen LogP contribution in [0.1, 0.15) is 29.5 Å². The number of hydrogen-bond acceptors (Lipinski definition) is 4. The molecule has 0 bridgehead atoms. The monoisotopic (exact) mass is 259 g/mol. The smallest absolute Gasteiger partial charge is 0.374 e. The van der Waals surface area contributed by atoms with E-state index in [1.54, 1.807) is 0 Å². The average Bonchev–Trinajstić information content (AvgIpc) is 2.87. The van der Waals surface area contributed by atoms with E-state index in [1.165, 1.54) is 6.07 Å². The molecule has 0 saturated carbocycles. The first-order valence-corrected chi connectivity index (χ1v) is 6.14. The molecule has 1 atom stereocenters. The lowest BCUT2D eigenvalue weighted by atomic mass is 9.96. The zero-order valence-corrected chi connectivity index (χ0v) is 10.4. The van der Waals surface area contributed by atoms with Gasteiger partial charge in [0.1, 0.15) is 11.4 Å². The highest BCUT2D eigenvalue weighted by molar-refractivity contribution is 5.86. The van der Waals surface area contributed by atoms with E-state index in [2.05, 4.69) is 5.16 Å². The normalized spacial score (nSPS) is 17.6. The Bertz CT molecular complexity index is 632. The molecule has 98 valence electrons. The van der Waals surface area contributed by atoms with Crippen LogP contribution in [0.5, 0.6) is 5.75 Å². The molecule has 0 spiro atoms. The third-order valence-corrected chi connectivity index (χ3v) is 3.26. The van der Waals surface area contributed by atoms with Crippen molar-refractivity contribution in [2.24, 2.45) is 0 Å². The number of carboxylic acids is 1. The van der Waals surface area contributed by atoms with Gasteiger partial charge >= 0.3 is 5.97 Å². The molecule has 1 aromatic heterocycles. The van der Waals surface area contributed by atoms with Crippen LogP contribution in [-0.4, -0.2) is 22.3 Å². The van der Waals surface area contributed by atoms with Crippen molar-refractivity contribution in [3.8, 4) is 17.0 Å². The minimum atomic E-state index is -1.12. The number of aromatic carboxylic acids is 1. The Morgan fingerprint density at radius 2 is 2.32 bits per heavy atom. The molecule has 3 rings (SSSR count). The van der Waals surface area contributed by atoms with E-state index in [9.17, 15) is 4.79 Å². The number of nitrogens with zero attached hydrogens (tertiary/aromatic N) is 1. The maximum Gasteiger partial charge on any atom is 0.374 e. The topological polar surface area (TPSA) is 72.6 Å². The number of hydrogen-bond donors (Lipinski definition) is 1. The summed E-state index contributed by atoms with van der Waals surface area (Å²) in [6, 6.07) is 7.14. The predicted molar refractivity (Wildman–Crippen MR) is 67.3 cm³/mol. The molecule has 5 heteroatoms. The molecule has 1 aromatic carbocycles. The van der Waals surface area contributed by atoms with Gasteiger partial charge in [0, 0.05) is 17.2 Å². The number of fused-ring (bicyclic) bond motifs is 1. The lowest BCUT2D eigenvalue weighted by Gasteiger charge is -2.24. The van der Waals surface area contributed by atoms with Crippen molar-refractivity contribution in [2.45, 2.75) is 25.9 Å².